The highest BCUT2D eigenvalue weighted by Gasteiger charge is 2.41. The minimum Gasteiger partial charge on any atom is -0.480 e. The van der Waals surface area contributed by atoms with E-state index in [1.807, 2.05) is 13.8 Å². The molecule has 1 saturated heterocycles. The van der Waals surface area contributed by atoms with Crippen LogP contribution in [0.2, 0.25) is 0 Å². The molecular weight excluding hydrogens is 232 g/mol. The Bertz CT molecular complexity index is 299. The maximum absolute atomic E-state index is 12.3. The number of carbonyl (C=O) groups is 2. The van der Waals surface area contributed by atoms with Gasteiger partial charge in [0.1, 0.15) is 6.04 Å². The highest BCUT2D eigenvalue weighted by atomic mass is 16.4. The third-order valence-electron chi connectivity index (χ3n) is 3.63. The maximum Gasteiger partial charge on any atom is 0.326 e. The predicted octanol–water partition coefficient (Wildman–Crippen LogP) is 1.14. The fraction of sp³-hybridized carbons (Fsp3) is 0.846. The van der Waals surface area contributed by atoms with Crippen molar-refractivity contribution in [3.8, 4) is 0 Å². The molecule has 1 amide bonds. The van der Waals surface area contributed by atoms with Crippen LogP contribution in [0.4, 0.5) is 0 Å². The van der Waals surface area contributed by atoms with E-state index < -0.39 is 17.4 Å². The third-order valence-corrected chi connectivity index (χ3v) is 3.63. The van der Waals surface area contributed by atoms with Gasteiger partial charge in [-0.1, -0.05) is 26.7 Å². The van der Waals surface area contributed by atoms with Gasteiger partial charge in [-0.05, 0) is 25.8 Å². The summed E-state index contributed by atoms with van der Waals surface area (Å²) in [6.45, 7) is 5.46. The smallest absolute Gasteiger partial charge is 0.326 e. The van der Waals surface area contributed by atoms with Gasteiger partial charge in [0.05, 0.1) is 5.41 Å². The van der Waals surface area contributed by atoms with E-state index in [2.05, 4.69) is 10.6 Å². The van der Waals surface area contributed by atoms with E-state index in [1.54, 1.807) is 0 Å². The molecule has 104 valence electrons. The zero-order valence-corrected chi connectivity index (χ0v) is 11.3. The van der Waals surface area contributed by atoms with E-state index >= 15 is 0 Å². The highest BCUT2D eigenvalue weighted by Crippen LogP contribution is 2.31. The second-order valence-electron chi connectivity index (χ2n) is 5.11. The van der Waals surface area contributed by atoms with E-state index in [4.69, 9.17) is 5.11 Å². The lowest BCUT2D eigenvalue weighted by atomic mass is 9.81. The number of carboxylic acids is 1. The van der Waals surface area contributed by atoms with Gasteiger partial charge in [0, 0.05) is 6.54 Å². The van der Waals surface area contributed by atoms with E-state index in [0.717, 1.165) is 32.2 Å². The van der Waals surface area contributed by atoms with Crippen molar-refractivity contribution >= 4 is 11.9 Å². The van der Waals surface area contributed by atoms with Gasteiger partial charge in [-0.2, -0.15) is 0 Å². The Balaban J connectivity index is 2.68. The number of hydrogen-bond donors (Lipinski definition) is 3. The van der Waals surface area contributed by atoms with Gasteiger partial charge >= 0.3 is 5.97 Å². The van der Waals surface area contributed by atoms with Gasteiger partial charge in [-0.25, -0.2) is 4.79 Å². The average molecular weight is 256 g/mol. The van der Waals surface area contributed by atoms with Gasteiger partial charge in [-0.3, -0.25) is 4.79 Å². The van der Waals surface area contributed by atoms with Crippen molar-refractivity contribution in [2.24, 2.45) is 5.41 Å². The molecule has 1 aliphatic rings. The predicted molar refractivity (Wildman–Crippen MR) is 69.3 cm³/mol. The van der Waals surface area contributed by atoms with Crippen molar-refractivity contribution in [2.75, 3.05) is 13.1 Å². The van der Waals surface area contributed by atoms with E-state index in [9.17, 15) is 9.59 Å². The molecule has 0 saturated carbocycles. The number of amides is 1. The molecule has 5 nitrogen and oxygen atoms in total. The van der Waals surface area contributed by atoms with E-state index in [-0.39, 0.29) is 5.91 Å². The Hall–Kier alpha value is -1.10. The Morgan fingerprint density at radius 3 is 2.56 bits per heavy atom. The van der Waals surface area contributed by atoms with E-state index in [0.29, 0.717) is 13.0 Å². The monoisotopic (exact) mass is 256 g/mol. The normalized spacial score (nSPS) is 24.8. The summed E-state index contributed by atoms with van der Waals surface area (Å²) in [5.74, 6) is -1.04. The molecule has 0 aliphatic carbocycles. The zero-order valence-electron chi connectivity index (χ0n) is 11.3. The molecule has 0 aromatic heterocycles. The SMILES string of the molecule is CCC[C@H](NC(=O)C1(CCC)CCNC1)C(=O)O. The average Bonchev–Trinajstić information content (AvgIpc) is 2.78. The van der Waals surface area contributed by atoms with E-state index in [1.165, 1.54) is 0 Å². The van der Waals surface area contributed by atoms with Crippen LogP contribution in [-0.2, 0) is 9.59 Å². The molecule has 0 spiro atoms. The third kappa shape index (κ3) is 3.45. The van der Waals surface area contributed by atoms with Crippen molar-refractivity contribution in [1.82, 2.24) is 10.6 Å². The molecule has 1 unspecified atom stereocenters. The Morgan fingerprint density at radius 1 is 1.39 bits per heavy atom. The van der Waals surface area contributed by atoms with Gasteiger partial charge in [0.15, 0.2) is 0 Å². The summed E-state index contributed by atoms with van der Waals surface area (Å²) in [6, 6.07) is -0.753. The fourth-order valence-corrected chi connectivity index (χ4v) is 2.60. The standard InChI is InChI=1S/C13H24N2O3/c1-3-5-10(11(16)17)15-12(18)13(6-4-2)7-8-14-9-13/h10,14H,3-9H2,1-2H3,(H,15,18)(H,16,17)/t10-,13?/m0/s1. The molecule has 0 bridgehead atoms. The molecule has 5 heteroatoms. The molecule has 1 fully saturated rings. The molecule has 0 aromatic carbocycles. The maximum atomic E-state index is 12.3. The first-order valence-corrected chi connectivity index (χ1v) is 6.80. The molecule has 1 heterocycles. The quantitative estimate of drug-likeness (QED) is 0.638. The van der Waals surface area contributed by atoms with Crippen LogP contribution in [0.5, 0.6) is 0 Å². The summed E-state index contributed by atoms with van der Waals surface area (Å²) in [6.07, 6.45) is 3.77. The van der Waals surface area contributed by atoms with Crippen LogP contribution >= 0.6 is 0 Å². The minimum atomic E-state index is -0.942. The van der Waals surface area contributed by atoms with Gasteiger partial charge in [-0.15, -0.1) is 0 Å². The Morgan fingerprint density at radius 2 is 2.11 bits per heavy atom. The summed E-state index contributed by atoms with van der Waals surface area (Å²) in [5.41, 5.74) is -0.407. The summed E-state index contributed by atoms with van der Waals surface area (Å²) >= 11 is 0. The molecule has 3 N–H and O–H groups in total. The van der Waals surface area contributed by atoms with Crippen molar-refractivity contribution in [3.63, 3.8) is 0 Å². The number of rotatable bonds is 7. The summed E-state index contributed by atoms with van der Waals surface area (Å²) in [5, 5.41) is 15.0. The van der Waals surface area contributed by atoms with Gasteiger partial charge < -0.3 is 15.7 Å². The number of aliphatic carboxylic acids is 1. The van der Waals surface area contributed by atoms with Gasteiger partial charge in [0.25, 0.3) is 0 Å². The highest BCUT2D eigenvalue weighted by molar-refractivity contribution is 5.87. The number of nitrogens with one attached hydrogen (secondary N) is 2. The molecule has 2 atom stereocenters. The number of carboxylic acid groups (broad SMARTS) is 1. The molecule has 18 heavy (non-hydrogen) atoms. The van der Waals surface area contributed by atoms with Crippen LogP contribution in [0.15, 0.2) is 0 Å². The van der Waals surface area contributed by atoms with Gasteiger partial charge in [0.2, 0.25) is 5.91 Å². The van der Waals surface area contributed by atoms with Crippen LogP contribution < -0.4 is 10.6 Å². The van der Waals surface area contributed by atoms with Crippen LogP contribution in [0, 0.1) is 5.41 Å². The first kappa shape index (κ1) is 15.0. The number of hydrogen-bond acceptors (Lipinski definition) is 3. The second kappa shape index (κ2) is 6.73. The first-order chi connectivity index (χ1) is 8.55. The molecule has 1 rings (SSSR count). The van der Waals surface area contributed by atoms with Crippen LogP contribution in [0.1, 0.15) is 46.0 Å². The molecule has 1 aliphatic heterocycles. The molecule has 0 radical (unpaired) electrons. The van der Waals surface area contributed by atoms with Crippen molar-refractivity contribution in [2.45, 2.75) is 52.0 Å². The summed E-state index contributed by atoms with van der Waals surface area (Å²) in [7, 11) is 0. The minimum absolute atomic E-state index is 0.102. The zero-order chi connectivity index (χ0) is 13.6. The molecule has 0 aromatic rings. The number of carbonyl (C=O) groups excluding carboxylic acids is 1. The fourth-order valence-electron chi connectivity index (χ4n) is 2.60. The second-order valence-corrected chi connectivity index (χ2v) is 5.11. The van der Waals surface area contributed by atoms with Crippen LogP contribution in [-0.4, -0.2) is 36.1 Å². The van der Waals surface area contributed by atoms with Crippen LogP contribution in [0.3, 0.4) is 0 Å². The topological polar surface area (TPSA) is 78.4 Å². The summed E-state index contributed by atoms with van der Waals surface area (Å²) < 4.78 is 0. The lowest BCUT2D eigenvalue weighted by Crippen LogP contribution is -2.49. The van der Waals surface area contributed by atoms with Crippen LogP contribution in [0.25, 0.3) is 0 Å². The lowest BCUT2D eigenvalue weighted by molar-refractivity contribution is -0.144. The largest absolute Gasteiger partial charge is 0.480 e. The Labute approximate surface area is 108 Å². The first-order valence-electron chi connectivity index (χ1n) is 6.80. The van der Waals surface area contributed by atoms with Crippen molar-refractivity contribution in [1.29, 1.82) is 0 Å². The summed E-state index contributed by atoms with van der Waals surface area (Å²) in [4.78, 5) is 23.4. The van der Waals surface area contributed by atoms with Crippen molar-refractivity contribution in [3.05, 3.63) is 0 Å². The Kier molecular flexibility index (Phi) is 5.59. The molecular formula is C13H24N2O3. The lowest BCUT2D eigenvalue weighted by Gasteiger charge is -2.28. The van der Waals surface area contributed by atoms with Crippen molar-refractivity contribution < 1.29 is 14.7 Å².